The lowest BCUT2D eigenvalue weighted by Gasteiger charge is -2.34. The lowest BCUT2D eigenvalue weighted by Crippen LogP contribution is -2.45. The molecule has 3 nitrogen and oxygen atoms in total. The third kappa shape index (κ3) is 5.90. The van der Waals surface area contributed by atoms with E-state index in [0.29, 0.717) is 0 Å². The first-order valence-corrected chi connectivity index (χ1v) is 20.4. The molecule has 2 N–H and O–H groups in total. The maximum atomic E-state index is 5.41. The molecule has 3 heteroatoms. The van der Waals surface area contributed by atoms with Crippen LogP contribution in [0.2, 0.25) is 0 Å². The molecule has 1 aliphatic heterocycles. The van der Waals surface area contributed by atoms with Crippen LogP contribution in [0.1, 0.15) is 51.3 Å². The van der Waals surface area contributed by atoms with Crippen LogP contribution in [-0.2, 0) is 5.41 Å². The highest BCUT2D eigenvalue weighted by atomic mass is 15.3. The zero-order chi connectivity index (χ0) is 39.2. The fraction of sp³-hybridized carbons (Fsp3) is 0.0536. The molecule has 0 fully saturated rings. The molecule has 9 aromatic rings. The molecule has 9 aromatic carbocycles. The van der Waals surface area contributed by atoms with Gasteiger partial charge in [0, 0.05) is 11.1 Å². The van der Waals surface area contributed by atoms with Gasteiger partial charge < -0.3 is 5.32 Å². The van der Waals surface area contributed by atoms with Crippen molar-refractivity contribution in [2.24, 2.45) is 4.99 Å². The van der Waals surface area contributed by atoms with Gasteiger partial charge in [-0.1, -0.05) is 218 Å². The second-order valence-electron chi connectivity index (χ2n) is 15.5. The van der Waals surface area contributed by atoms with Crippen LogP contribution < -0.4 is 10.6 Å². The zero-order valence-electron chi connectivity index (χ0n) is 32.5. The summed E-state index contributed by atoms with van der Waals surface area (Å²) in [4.78, 5) is 5.41. The number of fused-ring (bicyclic) bond motifs is 4. The minimum Gasteiger partial charge on any atom is -0.350 e. The Morgan fingerprint density at radius 3 is 1.69 bits per heavy atom. The second kappa shape index (κ2) is 14.6. The highest BCUT2D eigenvalue weighted by Crippen LogP contribution is 2.56. The summed E-state index contributed by atoms with van der Waals surface area (Å²) < 4.78 is 0. The van der Waals surface area contributed by atoms with Crippen molar-refractivity contribution in [1.82, 2.24) is 10.6 Å². The molecule has 1 aliphatic carbocycles. The van der Waals surface area contributed by atoms with E-state index in [1.807, 2.05) is 0 Å². The topological polar surface area (TPSA) is 36.4 Å². The summed E-state index contributed by atoms with van der Waals surface area (Å²) in [7, 11) is 0. The van der Waals surface area contributed by atoms with Crippen LogP contribution in [0.15, 0.2) is 229 Å². The SMILES string of the molecule is c1ccc(C2=NC(c3c(-c4ccc(-c5ccc6c(c5)C(c5ccccc5)(c5ccccc5)c5ccccc5-6)cc4)ccc4ccccc34)NC(c3ccccc3)N2)cc1. The van der Waals surface area contributed by atoms with E-state index < -0.39 is 5.41 Å². The highest BCUT2D eigenvalue weighted by Gasteiger charge is 2.46. The summed E-state index contributed by atoms with van der Waals surface area (Å²) in [6, 6.07) is 81.4. The third-order valence-corrected chi connectivity index (χ3v) is 12.3. The fourth-order valence-electron chi connectivity index (χ4n) is 9.57. The molecule has 2 unspecified atom stereocenters. The monoisotopic (exact) mass is 755 g/mol. The number of rotatable bonds is 7. The van der Waals surface area contributed by atoms with Gasteiger partial charge in [-0.15, -0.1) is 0 Å². The largest absolute Gasteiger partial charge is 0.350 e. The Hall–Kier alpha value is -7.33. The van der Waals surface area contributed by atoms with Crippen molar-refractivity contribution in [2.45, 2.75) is 17.7 Å². The van der Waals surface area contributed by atoms with Crippen LogP contribution >= 0.6 is 0 Å². The van der Waals surface area contributed by atoms with Crippen LogP contribution in [0.25, 0.3) is 44.2 Å². The van der Waals surface area contributed by atoms with Crippen molar-refractivity contribution in [3.63, 3.8) is 0 Å². The van der Waals surface area contributed by atoms with Crippen LogP contribution in [0, 0.1) is 0 Å². The van der Waals surface area contributed by atoms with E-state index in [9.17, 15) is 0 Å². The minimum absolute atomic E-state index is 0.132. The van der Waals surface area contributed by atoms with Crippen LogP contribution in [0.5, 0.6) is 0 Å². The maximum absolute atomic E-state index is 5.41. The van der Waals surface area contributed by atoms with Gasteiger partial charge in [0.1, 0.15) is 18.2 Å². The first kappa shape index (κ1) is 34.9. The second-order valence-corrected chi connectivity index (χ2v) is 15.5. The standard InChI is InChI=1S/C56H41N3/c1-5-18-41(19-6-1)53-57-54(42-20-7-2-8-21-42)59-55(58-53)52-46-26-14-13-17-39(46)33-35-47(52)40-31-29-38(30-32-40)43-34-36-49-48-27-15-16-28-50(48)56(51(49)37-43,44-22-9-3-10-23-44)45-24-11-4-12-25-45/h1-37,53,55,58H,(H,57,59). The molecular weight excluding hydrogens is 715 g/mol. The number of nitrogens with zero attached hydrogens (tertiary/aromatic N) is 1. The number of aliphatic imine (C=N–C) groups is 1. The van der Waals surface area contributed by atoms with Gasteiger partial charge >= 0.3 is 0 Å². The Labute approximate surface area is 345 Å². The molecule has 1 heterocycles. The van der Waals surface area contributed by atoms with Gasteiger partial charge in [-0.25, -0.2) is 4.99 Å². The van der Waals surface area contributed by atoms with Crippen molar-refractivity contribution < 1.29 is 0 Å². The van der Waals surface area contributed by atoms with Crippen molar-refractivity contribution in [1.29, 1.82) is 0 Å². The summed E-state index contributed by atoms with van der Waals surface area (Å²) in [6.07, 6.45) is -0.437. The van der Waals surface area contributed by atoms with Crippen molar-refractivity contribution in [3.8, 4) is 33.4 Å². The van der Waals surface area contributed by atoms with E-state index in [0.717, 1.165) is 33.7 Å². The van der Waals surface area contributed by atoms with E-state index in [-0.39, 0.29) is 12.3 Å². The van der Waals surface area contributed by atoms with Gasteiger partial charge in [-0.3, -0.25) is 5.32 Å². The van der Waals surface area contributed by atoms with Gasteiger partial charge in [0.25, 0.3) is 0 Å². The Balaban J connectivity index is 1.03. The Kier molecular flexibility index (Phi) is 8.61. The molecule has 11 rings (SSSR count). The van der Waals surface area contributed by atoms with Crippen LogP contribution in [0.4, 0.5) is 0 Å². The molecule has 0 saturated heterocycles. The Morgan fingerprint density at radius 1 is 0.407 bits per heavy atom. The zero-order valence-corrected chi connectivity index (χ0v) is 32.5. The summed E-state index contributed by atoms with van der Waals surface area (Å²) in [5, 5.41) is 9.98. The first-order chi connectivity index (χ1) is 29.3. The summed E-state index contributed by atoms with van der Waals surface area (Å²) in [5.41, 5.74) is 15.4. The molecule has 2 atom stereocenters. The Morgan fingerprint density at radius 2 is 0.966 bits per heavy atom. The molecule has 0 aromatic heterocycles. The smallest absolute Gasteiger partial charge is 0.131 e. The summed E-state index contributed by atoms with van der Waals surface area (Å²) in [6.45, 7) is 0. The number of amidine groups is 1. The van der Waals surface area contributed by atoms with E-state index in [1.165, 1.54) is 55.3 Å². The molecule has 2 aliphatic rings. The van der Waals surface area contributed by atoms with Crippen LogP contribution in [-0.4, -0.2) is 5.84 Å². The average Bonchev–Trinajstić information content (AvgIpc) is 3.62. The number of nitrogens with one attached hydrogen (secondary N) is 2. The predicted molar refractivity (Wildman–Crippen MR) is 243 cm³/mol. The van der Waals surface area contributed by atoms with Crippen LogP contribution in [0.3, 0.4) is 0 Å². The quantitative estimate of drug-likeness (QED) is 0.170. The maximum Gasteiger partial charge on any atom is 0.131 e. The highest BCUT2D eigenvalue weighted by molar-refractivity contribution is 6.00. The van der Waals surface area contributed by atoms with Gasteiger partial charge in [0.2, 0.25) is 0 Å². The van der Waals surface area contributed by atoms with E-state index in [2.05, 4.69) is 235 Å². The van der Waals surface area contributed by atoms with Gasteiger partial charge in [0.15, 0.2) is 0 Å². The molecule has 0 saturated carbocycles. The molecule has 0 radical (unpaired) electrons. The van der Waals surface area contributed by atoms with E-state index in [4.69, 9.17) is 4.99 Å². The number of benzene rings is 9. The molecule has 280 valence electrons. The summed E-state index contributed by atoms with van der Waals surface area (Å²) in [5.74, 6) is 0.873. The van der Waals surface area contributed by atoms with Crippen molar-refractivity contribution >= 4 is 16.6 Å². The number of hydrogen-bond acceptors (Lipinski definition) is 3. The van der Waals surface area contributed by atoms with Gasteiger partial charge in [0.05, 0.1) is 5.41 Å². The fourth-order valence-corrected chi connectivity index (χ4v) is 9.57. The Bertz CT molecular complexity index is 2940. The predicted octanol–water partition coefficient (Wildman–Crippen LogP) is 12.9. The van der Waals surface area contributed by atoms with Crippen molar-refractivity contribution in [3.05, 3.63) is 263 Å². The lowest BCUT2D eigenvalue weighted by molar-refractivity contribution is 0.411. The molecule has 0 amide bonds. The molecule has 0 spiro atoms. The van der Waals surface area contributed by atoms with Crippen molar-refractivity contribution in [2.75, 3.05) is 0 Å². The normalized spacial score (nSPS) is 16.4. The third-order valence-electron chi connectivity index (χ3n) is 12.3. The van der Waals surface area contributed by atoms with E-state index >= 15 is 0 Å². The molecular formula is C56H41N3. The van der Waals surface area contributed by atoms with Gasteiger partial charge in [-0.2, -0.15) is 0 Å². The lowest BCUT2D eigenvalue weighted by atomic mass is 9.67. The van der Waals surface area contributed by atoms with Gasteiger partial charge in [-0.05, 0) is 78.0 Å². The molecule has 59 heavy (non-hydrogen) atoms. The number of hydrogen-bond donors (Lipinski definition) is 2. The van der Waals surface area contributed by atoms with E-state index in [1.54, 1.807) is 0 Å². The molecule has 0 bridgehead atoms. The average molecular weight is 756 g/mol. The first-order valence-electron chi connectivity index (χ1n) is 20.4. The minimum atomic E-state index is -0.441. The summed E-state index contributed by atoms with van der Waals surface area (Å²) >= 11 is 0.